The van der Waals surface area contributed by atoms with Crippen LogP contribution in [0.25, 0.3) is 0 Å². The molecule has 1 unspecified atom stereocenters. The highest BCUT2D eigenvalue weighted by Crippen LogP contribution is 2.21. The second-order valence-corrected chi connectivity index (χ2v) is 3.62. The molecule has 0 aromatic heterocycles. The number of hydrogen-bond donors (Lipinski definition) is 2. The molecule has 3 nitrogen and oxygen atoms in total. The topological polar surface area (TPSA) is 57.5 Å². The number of carboxylic acid groups (broad SMARTS) is 1. The van der Waals surface area contributed by atoms with E-state index in [1.165, 1.54) is 0 Å². The molecule has 0 aliphatic rings. The van der Waals surface area contributed by atoms with Gasteiger partial charge in [-0.2, -0.15) is 0 Å². The number of aliphatic hydroxyl groups is 1. The lowest BCUT2D eigenvalue weighted by Crippen LogP contribution is -2.05. The van der Waals surface area contributed by atoms with Crippen LogP contribution in [0, 0.1) is 0 Å². The van der Waals surface area contributed by atoms with Crippen LogP contribution in [-0.2, 0) is 4.79 Å². The zero-order chi connectivity index (χ0) is 11.4. The molecule has 1 atom stereocenters. The van der Waals surface area contributed by atoms with E-state index >= 15 is 0 Å². The molecule has 0 spiro atoms. The van der Waals surface area contributed by atoms with Crippen molar-refractivity contribution in [3.8, 4) is 0 Å². The maximum atomic E-state index is 10.5. The average Bonchev–Trinajstić information content (AvgIpc) is 2.18. The number of carboxylic acids is 1. The van der Waals surface area contributed by atoms with Crippen molar-refractivity contribution < 1.29 is 15.0 Å². The van der Waals surface area contributed by atoms with Crippen molar-refractivity contribution in [1.82, 2.24) is 0 Å². The van der Waals surface area contributed by atoms with Crippen molar-refractivity contribution in [3.05, 3.63) is 47.0 Å². The van der Waals surface area contributed by atoms with Gasteiger partial charge in [0.2, 0.25) is 0 Å². The van der Waals surface area contributed by atoms with E-state index in [0.717, 1.165) is 0 Å². The molecular formula is C11H11ClO3. The third-order valence-corrected chi connectivity index (χ3v) is 2.25. The van der Waals surface area contributed by atoms with Crippen molar-refractivity contribution in [2.75, 3.05) is 0 Å². The van der Waals surface area contributed by atoms with Gasteiger partial charge >= 0.3 is 5.97 Å². The Balaban J connectivity index is 2.69. The Hall–Kier alpha value is -1.32. The second kappa shape index (κ2) is 4.96. The quantitative estimate of drug-likeness (QED) is 0.776. The lowest BCUT2D eigenvalue weighted by molar-refractivity contribution is -0.133. The summed E-state index contributed by atoms with van der Waals surface area (Å²) in [6.45, 7) is 3.35. The fourth-order valence-corrected chi connectivity index (χ4v) is 1.25. The van der Waals surface area contributed by atoms with Crippen LogP contribution in [0.5, 0.6) is 0 Å². The maximum Gasteiger partial charge on any atom is 0.331 e. The number of rotatable bonds is 4. The van der Waals surface area contributed by atoms with Crippen LogP contribution in [-0.4, -0.2) is 16.2 Å². The summed E-state index contributed by atoms with van der Waals surface area (Å²) in [6.07, 6.45) is -0.845. The third-order valence-electron chi connectivity index (χ3n) is 2.00. The van der Waals surface area contributed by atoms with Crippen molar-refractivity contribution in [2.45, 2.75) is 12.5 Å². The minimum Gasteiger partial charge on any atom is -0.478 e. The third kappa shape index (κ3) is 3.38. The Morgan fingerprint density at radius 1 is 1.40 bits per heavy atom. The van der Waals surface area contributed by atoms with E-state index in [2.05, 4.69) is 6.58 Å². The molecule has 1 aromatic carbocycles. The van der Waals surface area contributed by atoms with Gasteiger partial charge in [-0.1, -0.05) is 30.3 Å². The molecule has 80 valence electrons. The van der Waals surface area contributed by atoms with E-state index in [4.69, 9.17) is 16.7 Å². The highest BCUT2D eigenvalue weighted by atomic mass is 35.5. The number of hydrogen-bond acceptors (Lipinski definition) is 2. The molecule has 0 fully saturated rings. The maximum absolute atomic E-state index is 10.5. The number of aliphatic carboxylic acids is 1. The lowest BCUT2D eigenvalue weighted by atomic mass is 10.0. The molecular weight excluding hydrogens is 216 g/mol. The predicted octanol–water partition coefficient (Wildman–Crippen LogP) is 2.40. The van der Waals surface area contributed by atoms with Crippen LogP contribution < -0.4 is 0 Å². The Kier molecular flexibility index (Phi) is 3.88. The summed E-state index contributed by atoms with van der Waals surface area (Å²) in [4.78, 5) is 10.5. The first-order valence-electron chi connectivity index (χ1n) is 4.35. The van der Waals surface area contributed by atoms with Gasteiger partial charge in [0.25, 0.3) is 0 Å². The van der Waals surface area contributed by atoms with Gasteiger partial charge in [-0.25, -0.2) is 4.79 Å². The SMILES string of the molecule is C=C(CC(O)c1ccc(Cl)cc1)C(=O)O. The van der Waals surface area contributed by atoms with E-state index < -0.39 is 12.1 Å². The minimum atomic E-state index is -1.09. The van der Waals surface area contributed by atoms with Crippen LogP contribution in [0.2, 0.25) is 5.02 Å². The van der Waals surface area contributed by atoms with E-state index in [0.29, 0.717) is 10.6 Å². The van der Waals surface area contributed by atoms with Gasteiger partial charge in [-0.3, -0.25) is 0 Å². The normalized spacial score (nSPS) is 12.1. The fourth-order valence-electron chi connectivity index (χ4n) is 1.12. The highest BCUT2D eigenvalue weighted by molar-refractivity contribution is 6.30. The molecule has 15 heavy (non-hydrogen) atoms. The number of halogens is 1. The standard InChI is InChI=1S/C11H11ClO3/c1-7(11(14)15)6-10(13)8-2-4-9(12)5-3-8/h2-5,10,13H,1,6H2,(H,14,15). The molecule has 0 amide bonds. The molecule has 2 N–H and O–H groups in total. The van der Waals surface area contributed by atoms with Gasteiger partial charge in [-0.15, -0.1) is 0 Å². The van der Waals surface area contributed by atoms with Crippen LogP contribution in [0.15, 0.2) is 36.4 Å². The molecule has 0 saturated carbocycles. The lowest BCUT2D eigenvalue weighted by Gasteiger charge is -2.10. The summed E-state index contributed by atoms with van der Waals surface area (Å²) in [5, 5.41) is 18.8. The van der Waals surface area contributed by atoms with Crippen LogP contribution in [0.1, 0.15) is 18.1 Å². The summed E-state index contributed by atoms with van der Waals surface area (Å²) < 4.78 is 0. The molecule has 0 aliphatic heterocycles. The Morgan fingerprint density at radius 2 is 1.93 bits per heavy atom. The van der Waals surface area contributed by atoms with E-state index in [-0.39, 0.29) is 12.0 Å². The Bertz CT molecular complexity index is 370. The second-order valence-electron chi connectivity index (χ2n) is 3.18. The molecule has 0 heterocycles. The fraction of sp³-hybridized carbons (Fsp3) is 0.182. The molecule has 0 aliphatic carbocycles. The van der Waals surface area contributed by atoms with E-state index in [9.17, 15) is 9.90 Å². The number of carbonyl (C=O) groups is 1. The van der Waals surface area contributed by atoms with Gasteiger partial charge < -0.3 is 10.2 Å². The van der Waals surface area contributed by atoms with Crippen molar-refractivity contribution in [1.29, 1.82) is 0 Å². The van der Waals surface area contributed by atoms with Gasteiger partial charge in [-0.05, 0) is 17.7 Å². The molecule has 1 aromatic rings. The first kappa shape index (κ1) is 11.8. The average molecular weight is 227 g/mol. The minimum absolute atomic E-state index is 0.0109. The van der Waals surface area contributed by atoms with Crippen LogP contribution in [0.3, 0.4) is 0 Å². The van der Waals surface area contributed by atoms with Gasteiger partial charge in [0.05, 0.1) is 6.10 Å². The zero-order valence-electron chi connectivity index (χ0n) is 7.98. The molecule has 0 saturated heterocycles. The molecule has 0 radical (unpaired) electrons. The smallest absolute Gasteiger partial charge is 0.331 e. The van der Waals surface area contributed by atoms with Crippen molar-refractivity contribution in [3.63, 3.8) is 0 Å². The van der Waals surface area contributed by atoms with E-state index in [1.54, 1.807) is 24.3 Å². The monoisotopic (exact) mass is 226 g/mol. The molecule has 1 rings (SSSR count). The van der Waals surface area contributed by atoms with Crippen LogP contribution in [0.4, 0.5) is 0 Å². The molecule has 4 heteroatoms. The summed E-state index contributed by atoms with van der Waals surface area (Å²) in [5.74, 6) is -1.09. The highest BCUT2D eigenvalue weighted by Gasteiger charge is 2.12. The largest absolute Gasteiger partial charge is 0.478 e. The summed E-state index contributed by atoms with van der Waals surface area (Å²) in [7, 11) is 0. The van der Waals surface area contributed by atoms with Crippen molar-refractivity contribution >= 4 is 17.6 Å². The number of aliphatic hydroxyl groups excluding tert-OH is 1. The van der Waals surface area contributed by atoms with Gasteiger partial charge in [0.15, 0.2) is 0 Å². The first-order valence-corrected chi connectivity index (χ1v) is 4.73. The van der Waals surface area contributed by atoms with E-state index in [1.807, 2.05) is 0 Å². The summed E-state index contributed by atoms with van der Waals surface area (Å²) >= 11 is 5.68. The predicted molar refractivity (Wildman–Crippen MR) is 57.8 cm³/mol. The van der Waals surface area contributed by atoms with Gasteiger partial charge in [0, 0.05) is 17.0 Å². The Labute approximate surface area is 92.6 Å². The van der Waals surface area contributed by atoms with Crippen LogP contribution >= 0.6 is 11.6 Å². The number of benzene rings is 1. The summed E-state index contributed by atoms with van der Waals surface area (Å²) in [5.41, 5.74) is 0.610. The van der Waals surface area contributed by atoms with Crippen molar-refractivity contribution in [2.24, 2.45) is 0 Å². The molecule has 0 bridgehead atoms. The Morgan fingerprint density at radius 3 is 2.40 bits per heavy atom. The van der Waals surface area contributed by atoms with Gasteiger partial charge in [0.1, 0.15) is 0 Å². The first-order chi connectivity index (χ1) is 7.00. The zero-order valence-corrected chi connectivity index (χ0v) is 8.74. The summed E-state index contributed by atoms with van der Waals surface area (Å²) in [6, 6.07) is 6.59.